The Morgan fingerprint density at radius 1 is 1.60 bits per heavy atom. The monoisotopic (exact) mass is 240 g/mol. The van der Waals surface area contributed by atoms with Crippen molar-refractivity contribution in [1.82, 2.24) is 0 Å². The first-order chi connectivity index (χ1) is 7.02. The molecule has 0 saturated heterocycles. The standard InChI is InChI=1S/C10H9ClN2OS/c1-13-7-3-2-5(11)4-6(7)8(9(12)14)10(13)15/h2-4,8H,1H3,(H2,12,14). The second kappa shape index (κ2) is 3.47. The van der Waals surface area contributed by atoms with Crippen LogP contribution in [0.15, 0.2) is 18.2 Å². The maximum atomic E-state index is 11.3. The summed E-state index contributed by atoms with van der Waals surface area (Å²) in [4.78, 5) is 13.6. The fourth-order valence-corrected chi connectivity index (χ4v) is 2.30. The molecule has 0 radical (unpaired) electrons. The number of hydrogen-bond acceptors (Lipinski definition) is 2. The number of rotatable bonds is 1. The molecule has 1 amide bonds. The minimum atomic E-state index is -0.529. The first-order valence-electron chi connectivity index (χ1n) is 4.38. The van der Waals surface area contributed by atoms with E-state index in [0.717, 1.165) is 11.3 Å². The zero-order chi connectivity index (χ0) is 11.2. The molecule has 0 aromatic heterocycles. The molecule has 78 valence electrons. The lowest BCUT2D eigenvalue weighted by Crippen LogP contribution is -2.30. The van der Waals surface area contributed by atoms with E-state index in [2.05, 4.69) is 0 Å². The van der Waals surface area contributed by atoms with Crippen molar-refractivity contribution >= 4 is 40.4 Å². The van der Waals surface area contributed by atoms with Gasteiger partial charge in [-0.1, -0.05) is 23.8 Å². The van der Waals surface area contributed by atoms with Gasteiger partial charge in [0.15, 0.2) is 0 Å². The summed E-state index contributed by atoms with van der Waals surface area (Å²) in [5.74, 6) is -0.966. The number of anilines is 1. The van der Waals surface area contributed by atoms with Gasteiger partial charge < -0.3 is 10.6 Å². The smallest absolute Gasteiger partial charge is 0.231 e. The van der Waals surface area contributed by atoms with Crippen molar-refractivity contribution in [3.63, 3.8) is 0 Å². The van der Waals surface area contributed by atoms with E-state index in [0.29, 0.717) is 10.0 Å². The quantitative estimate of drug-likeness (QED) is 0.760. The van der Waals surface area contributed by atoms with Gasteiger partial charge in [0.05, 0.1) is 4.99 Å². The highest BCUT2D eigenvalue weighted by Gasteiger charge is 2.35. The Balaban J connectivity index is 2.61. The molecule has 1 aliphatic heterocycles. The number of carbonyl (C=O) groups excluding carboxylic acids is 1. The summed E-state index contributed by atoms with van der Waals surface area (Å²) in [5, 5.41) is 0.582. The van der Waals surface area contributed by atoms with E-state index in [-0.39, 0.29) is 0 Å². The Morgan fingerprint density at radius 2 is 2.27 bits per heavy atom. The number of nitrogens with two attached hydrogens (primary N) is 1. The first kappa shape index (κ1) is 10.4. The molecule has 0 saturated carbocycles. The Hall–Kier alpha value is -1.13. The van der Waals surface area contributed by atoms with Gasteiger partial charge in [0, 0.05) is 17.8 Å². The third kappa shape index (κ3) is 1.50. The third-order valence-electron chi connectivity index (χ3n) is 2.52. The van der Waals surface area contributed by atoms with Gasteiger partial charge in [0.1, 0.15) is 5.92 Å². The van der Waals surface area contributed by atoms with Gasteiger partial charge in [0.25, 0.3) is 0 Å². The van der Waals surface area contributed by atoms with Crippen LogP contribution in [0.5, 0.6) is 0 Å². The average molecular weight is 241 g/mol. The predicted molar refractivity (Wildman–Crippen MR) is 64.4 cm³/mol. The van der Waals surface area contributed by atoms with Crippen molar-refractivity contribution in [2.45, 2.75) is 5.92 Å². The number of amides is 1. The van der Waals surface area contributed by atoms with Gasteiger partial charge in [-0.25, -0.2) is 0 Å². The molecule has 1 atom stereocenters. The number of hydrogen-bond donors (Lipinski definition) is 1. The summed E-state index contributed by atoms with van der Waals surface area (Å²) in [5.41, 5.74) is 7.01. The number of nitrogens with zero attached hydrogens (tertiary/aromatic N) is 1. The number of halogens is 1. The molecule has 15 heavy (non-hydrogen) atoms. The molecule has 2 N–H and O–H groups in total. The molecule has 1 aromatic carbocycles. The lowest BCUT2D eigenvalue weighted by Gasteiger charge is -2.12. The molecule has 0 fully saturated rings. The Morgan fingerprint density at radius 3 is 2.87 bits per heavy atom. The number of carbonyl (C=O) groups is 1. The van der Waals surface area contributed by atoms with Crippen LogP contribution in [0.2, 0.25) is 5.02 Å². The molecule has 1 aliphatic rings. The van der Waals surface area contributed by atoms with Crippen LogP contribution in [0.25, 0.3) is 0 Å². The van der Waals surface area contributed by atoms with Crippen LogP contribution in [0, 0.1) is 0 Å². The molecule has 5 heteroatoms. The number of benzene rings is 1. The Labute approximate surface area is 97.8 Å². The molecule has 1 unspecified atom stereocenters. The van der Waals surface area contributed by atoms with Gasteiger partial charge in [-0.15, -0.1) is 0 Å². The Bertz CT molecular complexity index is 461. The fourth-order valence-electron chi connectivity index (χ4n) is 1.78. The van der Waals surface area contributed by atoms with Crippen molar-refractivity contribution in [3.8, 4) is 0 Å². The highest BCUT2D eigenvalue weighted by molar-refractivity contribution is 7.80. The average Bonchev–Trinajstić information content (AvgIpc) is 2.39. The number of thiocarbonyl (C=S) groups is 1. The van der Waals surface area contributed by atoms with Crippen LogP contribution in [0.3, 0.4) is 0 Å². The number of primary amides is 1. The van der Waals surface area contributed by atoms with E-state index in [4.69, 9.17) is 29.6 Å². The molecule has 0 spiro atoms. The van der Waals surface area contributed by atoms with Crippen molar-refractivity contribution in [2.24, 2.45) is 5.73 Å². The van der Waals surface area contributed by atoms with Gasteiger partial charge in [-0.05, 0) is 23.8 Å². The summed E-state index contributed by atoms with van der Waals surface area (Å²) in [6, 6.07) is 5.35. The molecule has 2 rings (SSSR count). The van der Waals surface area contributed by atoms with Gasteiger partial charge in [-0.2, -0.15) is 0 Å². The number of likely N-dealkylation sites (N-methyl/N-ethyl adjacent to an activating group) is 1. The van der Waals surface area contributed by atoms with Crippen LogP contribution < -0.4 is 10.6 Å². The van der Waals surface area contributed by atoms with Crippen molar-refractivity contribution in [2.75, 3.05) is 11.9 Å². The van der Waals surface area contributed by atoms with Gasteiger partial charge in [-0.3, -0.25) is 4.79 Å². The van der Waals surface area contributed by atoms with Crippen LogP contribution in [-0.4, -0.2) is 17.9 Å². The summed E-state index contributed by atoms with van der Waals surface area (Å²) in [7, 11) is 1.82. The summed E-state index contributed by atoms with van der Waals surface area (Å²) in [6.45, 7) is 0. The second-order valence-electron chi connectivity index (χ2n) is 3.44. The normalized spacial score (nSPS) is 19.2. The topological polar surface area (TPSA) is 46.3 Å². The highest BCUT2D eigenvalue weighted by Crippen LogP contribution is 2.38. The molecule has 0 bridgehead atoms. The maximum Gasteiger partial charge on any atom is 0.231 e. The van der Waals surface area contributed by atoms with E-state index < -0.39 is 11.8 Å². The zero-order valence-electron chi connectivity index (χ0n) is 8.03. The predicted octanol–water partition coefficient (Wildman–Crippen LogP) is 1.69. The van der Waals surface area contributed by atoms with E-state index >= 15 is 0 Å². The maximum absolute atomic E-state index is 11.3. The van der Waals surface area contributed by atoms with Crippen molar-refractivity contribution in [3.05, 3.63) is 28.8 Å². The molecule has 1 aromatic rings. The van der Waals surface area contributed by atoms with Gasteiger partial charge in [0.2, 0.25) is 5.91 Å². The minimum Gasteiger partial charge on any atom is -0.369 e. The van der Waals surface area contributed by atoms with E-state index in [1.165, 1.54) is 0 Å². The van der Waals surface area contributed by atoms with Crippen LogP contribution in [-0.2, 0) is 4.79 Å². The third-order valence-corrected chi connectivity index (χ3v) is 3.27. The van der Waals surface area contributed by atoms with Crippen LogP contribution in [0.4, 0.5) is 5.69 Å². The highest BCUT2D eigenvalue weighted by atomic mass is 35.5. The summed E-state index contributed by atoms with van der Waals surface area (Å²) < 4.78 is 0. The molecule has 0 aliphatic carbocycles. The zero-order valence-corrected chi connectivity index (χ0v) is 9.60. The fraction of sp³-hybridized carbons (Fsp3) is 0.200. The molecule has 1 heterocycles. The van der Waals surface area contributed by atoms with Crippen LogP contribution in [0.1, 0.15) is 11.5 Å². The van der Waals surface area contributed by atoms with E-state index in [1.54, 1.807) is 17.0 Å². The second-order valence-corrected chi connectivity index (χ2v) is 4.29. The van der Waals surface area contributed by atoms with Gasteiger partial charge >= 0.3 is 0 Å². The number of fused-ring (bicyclic) bond motifs is 1. The first-order valence-corrected chi connectivity index (χ1v) is 5.17. The summed E-state index contributed by atoms with van der Waals surface area (Å²) >= 11 is 11.0. The van der Waals surface area contributed by atoms with E-state index in [9.17, 15) is 4.79 Å². The SMILES string of the molecule is CN1C(=S)C(C(N)=O)c2cc(Cl)ccc21. The lowest BCUT2D eigenvalue weighted by molar-refractivity contribution is -0.117. The van der Waals surface area contributed by atoms with Crippen LogP contribution >= 0.6 is 23.8 Å². The van der Waals surface area contributed by atoms with E-state index in [1.807, 2.05) is 13.1 Å². The largest absolute Gasteiger partial charge is 0.369 e. The molecule has 3 nitrogen and oxygen atoms in total. The van der Waals surface area contributed by atoms with Crippen molar-refractivity contribution < 1.29 is 4.79 Å². The molecular formula is C10H9ClN2OS. The Kier molecular flexibility index (Phi) is 2.40. The molecular weight excluding hydrogens is 232 g/mol. The summed E-state index contributed by atoms with van der Waals surface area (Å²) in [6.07, 6.45) is 0. The lowest BCUT2D eigenvalue weighted by atomic mass is 10.0. The van der Waals surface area contributed by atoms with Crippen molar-refractivity contribution in [1.29, 1.82) is 0 Å². The minimum absolute atomic E-state index is 0.437.